The van der Waals surface area contributed by atoms with E-state index in [-0.39, 0.29) is 24.0 Å². The van der Waals surface area contributed by atoms with Gasteiger partial charge in [0, 0.05) is 32.2 Å². The number of aryl methyl sites for hydroxylation is 2. The van der Waals surface area contributed by atoms with Crippen LogP contribution in [0.2, 0.25) is 0 Å². The summed E-state index contributed by atoms with van der Waals surface area (Å²) in [7, 11) is 4.05. The van der Waals surface area contributed by atoms with E-state index in [9.17, 15) is 0 Å². The first-order valence-corrected chi connectivity index (χ1v) is 9.44. The molecule has 1 aliphatic rings. The van der Waals surface area contributed by atoms with Crippen molar-refractivity contribution in [2.24, 2.45) is 12.0 Å². The van der Waals surface area contributed by atoms with E-state index in [0.29, 0.717) is 12.6 Å². The Bertz CT molecular complexity index is 747. The predicted molar refractivity (Wildman–Crippen MR) is 117 cm³/mol. The second kappa shape index (κ2) is 10.1. The highest BCUT2D eigenvalue weighted by atomic mass is 127. The molecular formula is C19H31IN6O. The highest BCUT2D eigenvalue weighted by Gasteiger charge is 2.18. The van der Waals surface area contributed by atoms with Gasteiger partial charge in [-0.2, -0.15) is 0 Å². The number of aliphatic imine (C=N–C) groups is 1. The Morgan fingerprint density at radius 3 is 2.63 bits per heavy atom. The fourth-order valence-corrected chi connectivity index (χ4v) is 3.35. The summed E-state index contributed by atoms with van der Waals surface area (Å²) in [4.78, 5) is 7.01. The number of guanidine groups is 1. The van der Waals surface area contributed by atoms with E-state index in [2.05, 4.69) is 27.5 Å². The maximum Gasteiger partial charge on any atom is 0.194 e. The van der Waals surface area contributed by atoms with Crippen molar-refractivity contribution < 1.29 is 4.42 Å². The van der Waals surface area contributed by atoms with Crippen molar-refractivity contribution >= 4 is 29.9 Å². The van der Waals surface area contributed by atoms with Crippen LogP contribution in [0.3, 0.4) is 0 Å². The summed E-state index contributed by atoms with van der Waals surface area (Å²) in [5.41, 5.74) is 1.18. The zero-order valence-electron chi connectivity index (χ0n) is 16.7. The Morgan fingerprint density at radius 1 is 1.30 bits per heavy atom. The molecule has 2 heterocycles. The van der Waals surface area contributed by atoms with Crippen LogP contribution in [0, 0.1) is 13.8 Å². The molecule has 1 N–H and O–H groups in total. The van der Waals surface area contributed by atoms with Gasteiger partial charge in [0.05, 0.1) is 6.26 Å². The van der Waals surface area contributed by atoms with Crippen molar-refractivity contribution in [3.63, 3.8) is 0 Å². The molecule has 0 aromatic carbocycles. The van der Waals surface area contributed by atoms with Gasteiger partial charge < -0.3 is 19.2 Å². The average molecular weight is 486 g/mol. The number of nitrogens with zero attached hydrogens (tertiary/aromatic N) is 5. The third-order valence-electron chi connectivity index (χ3n) is 5.23. The zero-order valence-corrected chi connectivity index (χ0v) is 19.1. The van der Waals surface area contributed by atoms with Gasteiger partial charge in [-0.1, -0.05) is 19.3 Å². The highest BCUT2D eigenvalue weighted by Crippen LogP contribution is 2.18. The van der Waals surface area contributed by atoms with E-state index in [1.807, 2.05) is 31.5 Å². The van der Waals surface area contributed by atoms with Crippen LogP contribution in [0.1, 0.15) is 55.1 Å². The third kappa shape index (κ3) is 5.70. The fourth-order valence-electron chi connectivity index (χ4n) is 3.35. The summed E-state index contributed by atoms with van der Waals surface area (Å²) in [6.45, 7) is 5.23. The summed E-state index contributed by atoms with van der Waals surface area (Å²) in [5.74, 6) is 3.65. The quantitative estimate of drug-likeness (QED) is 0.398. The molecular weight excluding hydrogens is 455 g/mol. The molecule has 7 nitrogen and oxygen atoms in total. The molecule has 8 heteroatoms. The largest absolute Gasteiger partial charge is 0.469 e. The van der Waals surface area contributed by atoms with Crippen LogP contribution < -0.4 is 5.32 Å². The van der Waals surface area contributed by atoms with E-state index in [1.54, 1.807) is 6.26 Å². The van der Waals surface area contributed by atoms with E-state index in [0.717, 1.165) is 29.9 Å². The average Bonchev–Trinajstić information content (AvgIpc) is 3.19. The van der Waals surface area contributed by atoms with Gasteiger partial charge in [-0.3, -0.25) is 0 Å². The minimum Gasteiger partial charge on any atom is -0.469 e. The van der Waals surface area contributed by atoms with Crippen LogP contribution in [0.4, 0.5) is 0 Å². The number of furan rings is 1. The van der Waals surface area contributed by atoms with E-state index in [1.165, 1.54) is 37.7 Å². The first kappa shape index (κ1) is 21.7. The van der Waals surface area contributed by atoms with Gasteiger partial charge >= 0.3 is 0 Å². The number of nitrogens with one attached hydrogen (secondary N) is 1. The maximum atomic E-state index is 5.43. The summed E-state index contributed by atoms with van der Waals surface area (Å²) in [6, 6.07) is 2.52. The van der Waals surface area contributed by atoms with Crippen molar-refractivity contribution in [2.45, 2.75) is 65.1 Å². The van der Waals surface area contributed by atoms with Crippen LogP contribution in [-0.2, 0) is 20.1 Å². The minimum atomic E-state index is 0. The van der Waals surface area contributed by atoms with Gasteiger partial charge in [0.15, 0.2) is 11.8 Å². The van der Waals surface area contributed by atoms with Crippen molar-refractivity contribution in [1.82, 2.24) is 25.0 Å². The van der Waals surface area contributed by atoms with Crippen LogP contribution in [0.5, 0.6) is 0 Å². The molecule has 2 aromatic heterocycles. The van der Waals surface area contributed by atoms with E-state index < -0.39 is 0 Å². The van der Waals surface area contributed by atoms with Gasteiger partial charge in [0.1, 0.15) is 18.1 Å². The molecule has 27 heavy (non-hydrogen) atoms. The number of aromatic nitrogens is 3. The maximum absolute atomic E-state index is 5.43. The van der Waals surface area contributed by atoms with E-state index in [4.69, 9.17) is 9.41 Å². The minimum absolute atomic E-state index is 0. The van der Waals surface area contributed by atoms with E-state index >= 15 is 0 Å². The molecule has 0 saturated heterocycles. The molecule has 150 valence electrons. The van der Waals surface area contributed by atoms with Crippen LogP contribution in [0.25, 0.3) is 0 Å². The normalized spacial score (nSPS) is 15.5. The molecule has 1 saturated carbocycles. The molecule has 0 bridgehead atoms. The van der Waals surface area contributed by atoms with Crippen molar-refractivity contribution in [2.75, 3.05) is 7.05 Å². The number of hydrogen-bond acceptors (Lipinski definition) is 4. The summed E-state index contributed by atoms with van der Waals surface area (Å²) in [6.07, 6.45) is 8.08. The molecule has 0 radical (unpaired) electrons. The van der Waals surface area contributed by atoms with Crippen LogP contribution in [-0.4, -0.2) is 38.7 Å². The molecule has 0 amide bonds. The Balaban J connectivity index is 0.00000261. The molecule has 2 aromatic rings. The van der Waals surface area contributed by atoms with Gasteiger partial charge in [0.2, 0.25) is 0 Å². The summed E-state index contributed by atoms with van der Waals surface area (Å²) >= 11 is 0. The van der Waals surface area contributed by atoms with Crippen molar-refractivity contribution in [3.8, 4) is 0 Å². The molecule has 0 atom stereocenters. The Labute approximate surface area is 178 Å². The Hall–Kier alpha value is -1.58. The highest BCUT2D eigenvalue weighted by molar-refractivity contribution is 14.0. The molecule has 1 fully saturated rings. The monoisotopic (exact) mass is 486 g/mol. The smallest absolute Gasteiger partial charge is 0.194 e. The SMILES string of the molecule is Cc1occc1CN(C)C(=NCc1nnc(C)n1C)NC1CCCCC1.I. The molecule has 1 aliphatic carbocycles. The lowest BCUT2D eigenvalue weighted by Gasteiger charge is -2.29. The van der Waals surface area contributed by atoms with Gasteiger partial charge in [-0.25, -0.2) is 4.99 Å². The molecule has 0 aliphatic heterocycles. The van der Waals surface area contributed by atoms with Gasteiger partial charge in [0.25, 0.3) is 0 Å². The lowest BCUT2D eigenvalue weighted by atomic mass is 9.96. The molecule has 0 unspecified atom stereocenters. The fraction of sp³-hybridized carbons (Fsp3) is 0.632. The van der Waals surface area contributed by atoms with Crippen molar-refractivity contribution in [3.05, 3.63) is 35.3 Å². The first-order valence-electron chi connectivity index (χ1n) is 9.44. The van der Waals surface area contributed by atoms with Crippen LogP contribution in [0.15, 0.2) is 21.7 Å². The zero-order chi connectivity index (χ0) is 18.5. The molecule has 3 rings (SSSR count). The standard InChI is InChI=1S/C19H30N6O.HI/c1-14-16(10-11-26-14)13-24(3)19(21-17-8-6-5-7-9-17)20-12-18-23-22-15(2)25(18)4;/h10-11,17H,5-9,12-13H2,1-4H3,(H,20,21);1H. The number of halogens is 1. The predicted octanol–water partition coefficient (Wildman–Crippen LogP) is 3.55. The number of hydrogen-bond donors (Lipinski definition) is 1. The Kier molecular flexibility index (Phi) is 8.12. The second-order valence-corrected chi connectivity index (χ2v) is 7.20. The Morgan fingerprint density at radius 2 is 2.04 bits per heavy atom. The summed E-state index contributed by atoms with van der Waals surface area (Å²) < 4.78 is 7.42. The molecule has 0 spiro atoms. The third-order valence-corrected chi connectivity index (χ3v) is 5.23. The first-order chi connectivity index (χ1) is 12.5. The van der Waals surface area contributed by atoms with Gasteiger partial charge in [-0.15, -0.1) is 34.2 Å². The lowest BCUT2D eigenvalue weighted by Crippen LogP contribution is -2.45. The van der Waals surface area contributed by atoms with Crippen molar-refractivity contribution in [1.29, 1.82) is 0 Å². The van der Waals surface area contributed by atoms with Gasteiger partial charge in [-0.05, 0) is 32.8 Å². The van der Waals surface area contributed by atoms with Crippen LogP contribution >= 0.6 is 24.0 Å². The summed E-state index contributed by atoms with van der Waals surface area (Å²) in [5, 5.41) is 12.0. The topological polar surface area (TPSA) is 71.5 Å². The lowest BCUT2D eigenvalue weighted by molar-refractivity contribution is 0.385. The number of rotatable bonds is 5. The second-order valence-electron chi connectivity index (χ2n) is 7.20.